The van der Waals surface area contributed by atoms with E-state index in [1.165, 1.54) is 0 Å². The number of esters is 1. The molecule has 0 spiro atoms. The van der Waals surface area contributed by atoms with Gasteiger partial charge in [0.2, 0.25) is 5.91 Å². The van der Waals surface area contributed by atoms with Crippen molar-refractivity contribution in [2.24, 2.45) is 17.6 Å². The second-order valence-electron chi connectivity index (χ2n) is 5.21. The molecule has 0 aromatic heterocycles. The molecule has 0 aromatic rings. The molecule has 0 saturated heterocycles. The zero-order chi connectivity index (χ0) is 13.8. The van der Waals surface area contributed by atoms with E-state index in [9.17, 15) is 14.4 Å². The van der Waals surface area contributed by atoms with Crippen molar-refractivity contribution in [1.82, 2.24) is 0 Å². The molecule has 2 atom stereocenters. The lowest BCUT2D eigenvalue weighted by Crippen LogP contribution is -2.33. The molecule has 5 nitrogen and oxygen atoms in total. The molecule has 0 saturated carbocycles. The van der Waals surface area contributed by atoms with E-state index in [0.29, 0.717) is 0 Å². The van der Waals surface area contributed by atoms with E-state index in [-0.39, 0.29) is 12.2 Å². The van der Waals surface area contributed by atoms with E-state index < -0.39 is 29.3 Å². The minimum Gasteiger partial charge on any atom is -0.460 e. The number of ketones is 1. The summed E-state index contributed by atoms with van der Waals surface area (Å²) in [6.45, 7) is 8.34. The number of nitrogens with two attached hydrogens (primary N) is 1. The van der Waals surface area contributed by atoms with Crippen molar-refractivity contribution >= 4 is 17.7 Å². The molecule has 2 N–H and O–H groups in total. The fourth-order valence-corrected chi connectivity index (χ4v) is 1.21. The Labute approximate surface area is 102 Å². The normalized spacial score (nSPS) is 14.9. The van der Waals surface area contributed by atoms with Crippen molar-refractivity contribution in [3.8, 4) is 0 Å². The molecule has 5 heteroatoms. The van der Waals surface area contributed by atoms with Gasteiger partial charge in [-0.05, 0) is 20.8 Å². The second kappa shape index (κ2) is 5.80. The van der Waals surface area contributed by atoms with Gasteiger partial charge in [-0.2, -0.15) is 0 Å². The highest BCUT2D eigenvalue weighted by Gasteiger charge is 2.27. The molecule has 98 valence electrons. The predicted molar refractivity (Wildman–Crippen MR) is 63.0 cm³/mol. The topological polar surface area (TPSA) is 86.5 Å². The molecular formula is C12H21NO4. The van der Waals surface area contributed by atoms with Crippen LogP contribution in [0.15, 0.2) is 0 Å². The number of hydrogen-bond donors (Lipinski definition) is 1. The molecule has 0 bridgehead atoms. The Bertz CT molecular complexity index is 317. The van der Waals surface area contributed by atoms with E-state index in [4.69, 9.17) is 10.5 Å². The smallest absolute Gasteiger partial charge is 0.313 e. The Kier molecular flexibility index (Phi) is 5.32. The number of ether oxygens (including phenoxy) is 1. The van der Waals surface area contributed by atoms with Crippen LogP contribution in [0.25, 0.3) is 0 Å². The molecule has 0 aromatic carbocycles. The van der Waals surface area contributed by atoms with Crippen LogP contribution in [-0.4, -0.2) is 23.3 Å². The molecule has 0 fully saturated rings. The first-order chi connectivity index (χ1) is 7.54. The highest BCUT2D eigenvalue weighted by molar-refractivity contribution is 5.98. The fraction of sp³-hybridized carbons (Fsp3) is 0.750. The number of hydrogen-bond acceptors (Lipinski definition) is 4. The highest BCUT2D eigenvalue weighted by Crippen LogP contribution is 2.15. The lowest BCUT2D eigenvalue weighted by atomic mass is 9.90. The summed E-state index contributed by atoms with van der Waals surface area (Å²) in [4.78, 5) is 34.0. The Hall–Kier alpha value is -1.39. The monoisotopic (exact) mass is 243 g/mol. The van der Waals surface area contributed by atoms with Crippen LogP contribution in [0.1, 0.15) is 41.0 Å². The number of Topliss-reactive ketones (excluding diaryl/α,β-unsaturated/α-hetero) is 1. The average molecular weight is 243 g/mol. The first-order valence-corrected chi connectivity index (χ1v) is 5.58. The summed E-state index contributed by atoms with van der Waals surface area (Å²) >= 11 is 0. The van der Waals surface area contributed by atoms with Gasteiger partial charge in [0.25, 0.3) is 0 Å². The molecule has 0 aliphatic rings. The van der Waals surface area contributed by atoms with Crippen molar-refractivity contribution in [3.63, 3.8) is 0 Å². The third-order valence-corrected chi connectivity index (χ3v) is 2.45. The Morgan fingerprint density at radius 3 is 1.94 bits per heavy atom. The second-order valence-corrected chi connectivity index (χ2v) is 5.21. The van der Waals surface area contributed by atoms with Crippen molar-refractivity contribution in [2.75, 3.05) is 0 Å². The zero-order valence-corrected chi connectivity index (χ0v) is 11.1. The van der Waals surface area contributed by atoms with Crippen LogP contribution < -0.4 is 5.73 Å². The van der Waals surface area contributed by atoms with Gasteiger partial charge in [-0.1, -0.05) is 13.8 Å². The van der Waals surface area contributed by atoms with Gasteiger partial charge in [-0.25, -0.2) is 0 Å². The Morgan fingerprint density at radius 2 is 1.59 bits per heavy atom. The number of primary amides is 1. The van der Waals surface area contributed by atoms with E-state index in [0.717, 1.165) is 0 Å². The van der Waals surface area contributed by atoms with Gasteiger partial charge < -0.3 is 10.5 Å². The minimum absolute atomic E-state index is 0.323. The first kappa shape index (κ1) is 15.6. The van der Waals surface area contributed by atoms with Crippen molar-refractivity contribution in [2.45, 2.75) is 46.6 Å². The van der Waals surface area contributed by atoms with Gasteiger partial charge in [0.1, 0.15) is 17.8 Å². The van der Waals surface area contributed by atoms with Crippen molar-refractivity contribution < 1.29 is 19.1 Å². The SMILES string of the molecule is CC(C(N)=O)C(C)C(=O)CC(=O)OC(C)(C)C. The summed E-state index contributed by atoms with van der Waals surface area (Å²) in [5, 5.41) is 0. The number of carbonyl (C=O) groups excluding carboxylic acids is 3. The molecule has 0 rings (SSSR count). The zero-order valence-electron chi connectivity index (χ0n) is 11.1. The predicted octanol–water partition coefficient (Wildman–Crippen LogP) is 1.04. The maximum absolute atomic E-state index is 11.7. The summed E-state index contributed by atoms with van der Waals surface area (Å²) in [6, 6.07) is 0. The molecule has 17 heavy (non-hydrogen) atoms. The quantitative estimate of drug-likeness (QED) is 0.577. The van der Waals surface area contributed by atoms with Crippen LogP contribution in [0.5, 0.6) is 0 Å². The van der Waals surface area contributed by atoms with Gasteiger partial charge in [0, 0.05) is 11.8 Å². The number of carbonyl (C=O) groups is 3. The standard InChI is InChI=1S/C12H21NO4/c1-7(8(2)11(13)16)9(14)6-10(15)17-12(3,4)5/h7-8H,6H2,1-5H3,(H2,13,16). The lowest BCUT2D eigenvalue weighted by molar-refractivity contribution is -0.157. The lowest BCUT2D eigenvalue weighted by Gasteiger charge is -2.20. The van der Waals surface area contributed by atoms with Crippen LogP contribution in [0.3, 0.4) is 0 Å². The van der Waals surface area contributed by atoms with E-state index >= 15 is 0 Å². The third kappa shape index (κ3) is 6.04. The molecule has 1 amide bonds. The van der Waals surface area contributed by atoms with Gasteiger partial charge in [0.15, 0.2) is 0 Å². The maximum atomic E-state index is 11.7. The summed E-state index contributed by atoms with van der Waals surface area (Å²) in [6.07, 6.45) is -0.323. The Balaban J connectivity index is 4.36. The van der Waals surface area contributed by atoms with Crippen molar-refractivity contribution in [3.05, 3.63) is 0 Å². The largest absolute Gasteiger partial charge is 0.460 e. The molecule has 0 radical (unpaired) electrons. The maximum Gasteiger partial charge on any atom is 0.313 e. The minimum atomic E-state index is -0.615. The average Bonchev–Trinajstić information content (AvgIpc) is 2.11. The van der Waals surface area contributed by atoms with Crippen molar-refractivity contribution in [1.29, 1.82) is 0 Å². The number of rotatable bonds is 5. The molecular weight excluding hydrogens is 222 g/mol. The summed E-state index contributed by atoms with van der Waals surface area (Å²) < 4.78 is 5.02. The number of amides is 1. The van der Waals surface area contributed by atoms with Gasteiger partial charge >= 0.3 is 5.97 Å². The third-order valence-electron chi connectivity index (χ3n) is 2.45. The van der Waals surface area contributed by atoms with Gasteiger partial charge in [-0.3, -0.25) is 14.4 Å². The van der Waals surface area contributed by atoms with Crippen LogP contribution in [0.2, 0.25) is 0 Å². The van der Waals surface area contributed by atoms with Crippen LogP contribution in [-0.2, 0) is 19.1 Å². The van der Waals surface area contributed by atoms with Crippen LogP contribution in [0, 0.1) is 11.8 Å². The van der Waals surface area contributed by atoms with Gasteiger partial charge in [0.05, 0.1) is 0 Å². The fourth-order valence-electron chi connectivity index (χ4n) is 1.21. The summed E-state index contributed by atoms with van der Waals surface area (Å²) in [5.74, 6) is -2.60. The summed E-state index contributed by atoms with van der Waals surface area (Å²) in [5.41, 5.74) is 4.48. The van der Waals surface area contributed by atoms with Crippen LogP contribution in [0.4, 0.5) is 0 Å². The van der Waals surface area contributed by atoms with Crippen LogP contribution >= 0.6 is 0 Å². The summed E-state index contributed by atoms with van der Waals surface area (Å²) in [7, 11) is 0. The van der Waals surface area contributed by atoms with E-state index in [1.807, 2.05) is 0 Å². The molecule has 0 heterocycles. The van der Waals surface area contributed by atoms with E-state index in [2.05, 4.69) is 0 Å². The molecule has 0 aliphatic heterocycles. The first-order valence-electron chi connectivity index (χ1n) is 5.58. The highest BCUT2D eigenvalue weighted by atomic mass is 16.6. The molecule has 0 aliphatic carbocycles. The van der Waals surface area contributed by atoms with Gasteiger partial charge in [-0.15, -0.1) is 0 Å². The van der Waals surface area contributed by atoms with E-state index in [1.54, 1.807) is 34.6 Å². The molecule has 2 unspecified atom stereocenters. The Morgan fingerprint density at radius 1 is 1.12 bits per heavy atom.